The maximum atomic E-state index is 14.3. The zero-order valence-corrected chi connectivity index (χ0v) is 44.0. The first-order chi connectivity index (χ1) is 33.5. The Morgan fingerprint density at radius 1 is 0.958 bits per heavy atom. The minimum Gasteiger partial charge on any atom is -0.489 e. The van der Waals surface area contributed by atoms with Gasteiger partial charge in [-0.2, -0.15) is 5.26 Å². The van der Waals surface area contributed by atoms with Gasteiger partial charge < -0.3 is 40.4 Å². The number of unbranched alkanes of at least 4 members (excludes halogenated alkanes) is 2. The number of carbonyl (C=O) groups excluding carboxylic acids is 5. The molecule has 4 amide bonds. The van der Waals surface area contributed by atoms with Gasteiger partial charge in [-0.15, -0.1) is 11.3 Å². The third kappa shape index (κ3) is 13.3. The number of likely N-dealkylation sites (tertiary alicyclic amines) is 1. The second-order valence-corrected chi connectivity index (χ2v) is 22.1. The molecule has 1 aromatic heterocycles. The molecule has 1 saturated carbocycles. The summed E-state index contributed by atoms with van der Waals surface area (Å²) in [4.78, 5) is 73.7. The molecular formula is C54H68ClN7O8S. The molecule has 4 aromatic rings. The average molecular weight is 1010 g/mol. The molecule has 2 aliphatic rings. The van der Waals surface area contributed by atoms with Gasteiger partial charge >= 0.3 is 5.97 Å². The van der Waals surface area contributed by atoms with Crippen LogP contribution in [0.25, 0.3) is 10.4 Å². The molecule has 1 saturated heterocycles. The Morgan fingerprint density at radius 2 is 1.65 bits per heavy atom. The lowest BCUT2D eigenvalue weighted by Crippen LogP contribution is -2.74. The molecule has 1 aliphatic carbocycles. The second kappa shape index (κ2) is 23.0. The Labute approximate surface area is 426 Å². The predicted molar refractivity (Wildman–Crippen MR) is 275 cm³/mol. The second-order valence-electron chi connectivity index (χ2n) is 20.9. The van der Waals surface area contributed by atoms with Crippen molar-refractivity contribution in [3.8, 4) is 22.3 Å². The van der Waals surface area contributed by atoms with Crippen molar-refractivity contribution in [2.45, 2.75) is 131 Å². The van der Waals surface area contributed by atoms with Crippen LogP contribution in [0.3, 0.4) is 0 Å². The number of hydrogen-bond donors (Lipinski definition) is 4. The number of thiazole rings is 1. The number of aryl methyl sites for hydroxylation is 1. The Hall–Kier alpha value is -6.02. The molecule has 2 fully saturated rings. The standard InChI is InChI=1S/C54H68ClN7O8S/c1-32(35-14-16-36(17-15-35)45-33(2)58-31-71-45)59-48(66)43-27-41(69-34(3)63)29-62(43)49(67)46(52(4,5)6)60-44(64)30-68-25-13-11-12-24-57-39-21-18-37(19-22-39)47(65)61-50-53(7,8)51(54(50,9)10)70-40-23-20-38(28-56)42(55)26-40/h14-23,26,31-32,41,43,46,50-51,57H,11-13,24-25,27,29-30H2,1-10H3,(H,59,66)(H,60,64)(H,61,65)/t32?,41-,43?,46-,50?,51?/m1/s1. The molecule has 3 aromatic carbocycles. The van der Waals surface area contributed by atoms with Crippen LogP contribution in [0.5, 0.6) is 5.75 Å². The van der Waals surface area contributed by atoms with E-state index < -0.39 is 41.4 Å². The Kier molecular flexibility index (Phi) is 17.6. The van der Waals surface area contributed by atoms with E-state index in [0.29, 0.717) is 41.5 Å². The third-order valence-electron chi connectivity index (χ3n) is 13.5. The summed E-state index contributed by atoms with van der Waals surface area (Å²) in [6.07, 6.45) is 1.63. The number of nitriles is 1. The SMILES string of the molecule is CC(=O)O[C@@H]1CC(C(=O)NC(C)c2ccc(-c3scnc3C)cc2)N(C(=O)[C@@H](NC(=O)COCCCCCNc2ccc(C(=O)NC3C(C)(C)C(Oc4ccc(C#N)c(Cl)c4)C3(C)C)cc2)C(C)(C)C)C1. The molecule has 0 bridgehead atoms. The van der Waals surface area contributed by atoms with Crippen LogP contribution in [0, 0.1) is 34.5 Å². The van der Waals surface area contributed by atoms with Gasteiger partial charge in [-0.1, -0.05) is 84.3 Å². The molecule has 0 radical (unpaired) electrons. The third-order valence-corrected chi connectivity index (χ3v) is 14.8. The number of nitrogens with one attached hydrogen (secondary N) is 4. The van der Waals surface area contributed by atoms with Crippen molar-refractivity contribution >= 4 is 58.2 Å². The predicted octanol–water partition coefficient (Wildman–Crippen LogP) is 8.80. The van der Waals surface area contributed by atoms with E-state index in [4.69, 9.17) is 25.8 Å². The van der Waals surface area contributed by atoms with Gasteiger partial charge in [-0.25, -0.2) is 4.98 Å². The van der Waals surface area contributed by atoms with Crippen LogP contribution in [0.15, 0.2) is 72.2 Å². The van der Waals surface area contributed by atoms with Crippen LogP contribution >= 0.6 is 22.9 Å². The molecule has 2 unspecified atom stereocenters. The van der Waals surface area contributed by atoms with Gasteiger partial charge in [0.05, 0.1) is 39.3 Å². The van der Waals surface area contributed by atoms with E-state index in [9.17, 15) is 29.2 Å². The monoisotopic (exact) mass is 1010 g/mol. The molecule has 4 atom stereocenters. The van der Waals surface area contributed by atoms with E-state index in [0.717, 1.165) is 40.2 Å². The Balaban J connectivity index is 0.914. The molecule has 380 valence electrons. The highest BCUT2D eigenvalue weighted by molar-refractivity contribution is 7.13. The lowest BCUT2D eigenvalue weighted by Gasteiger charge is -2.63. The number of halogens is 1. The van der Waals surface area contributed by atoms with Crippen molar-refractivity contribution in [1.82, 2.24) is 25.8 Å². The van der Waals surface area contributed by atoms with Crippen molar-refractivity contribution in [2.24, 2.45) is 16.2 Å². The first-order valence-electron chi connectivity index (χ1n) is 24.2. The fourth-order valence-electron chi connectivity index (χ4n) is 9.97. The fraction of sp³-hybridized carbons (Fsp3) is 0.500. The number of benzene rings is 3. The molecule has 4 N–H and O–H groups in total. The molecule has 17 heteroatoms. The number of carbonyl (C=O) groups is 5. The van der Waals surface area contributed by atoms with Crippen molar-refractivity contribution in [2.75, 3.05) is 31.6 Å². The largest absolute Gasteiger partial charge is 0.489 e. The van der Waals surface area contributed by atoms with Gasteiger partial charge in [0, 0.05) is 60.7 Å². The van der Waals surface area contributed by atoms with Crippen LogP contribution < -0.4 is 26.0 Å². The van der Waals surface area contributed by atoms with Crippen LogP contribution in [0.4, 0.5) is 5.69 Å². The summed E-state index contributed by atoms with van der Waals surface area (Å²) in [6, 6.07) is 19.9. The minimum absolute atomic E-state index is 0.0139. The highest BCUT2D eigenvalue weighted by Gasteiger charge is 2.64. The summed E-state index contributed by atoms with van der Waals surface area (Å²) in [5.41, 5.74) is 5.00. The summed E-state index contributed by atoms with van der Waals surface area (Å²) < 4.78 is 17.6. The summed E-state index contributed by atoms with van der Waals surface area (Å²) in [5, 5.41) is 22.1. The number of esters is 1. The van der Waals surface area contributed by atoms with Crippen molar-refractivity contribution in [3.63, 3.8) is 0 Å². The lowest BCUT2D eigenvalue weighted by molar-refractivity contribution is -0.164. The number of rotatable bonds is 20. The van der Waals surface area contributed by atoms with Crippen LogP contribution in [-0.2, 0) is 28.7 Å². The van der Waals surface area contributed by atoms with E-state index in [1.54, 1.807) is 41.7 Å². The van der Waals surface area contributed by atoms with Gasteiger partial charge in [0.15, 0.2) is 0 Å². The topological polar surface area (TPSA) is 201 Å². The molecule has 71 heavy (non-hydrogen) atoms. The van der Waals surface area contributed by atoms with E-state index >= 15 is 0 Å². The Morgan fingerprint density at radius 3 is 2.25 bits per heavy atom. The van der Waals surface area contributed by atoms with Crippen LogP contribution in [0.2, 0.25) is 5.02 Å². The number of nitrogens with zero attached hydrogens (tertiary/aromatic N) is 3. The molecule has 15 nitrogen and oxygen atoms in total. The summed E-state index contributed by atoms with van der Waals surface area (Å²) in [5.74, 6) is -1.39. The smallest absolute Gasteiger partial charge is 0.302 e. The van der Waals surface area contributed by atoms with E-state index in [1.807, 2.05) is 76.5 Å². The van der Waals surface area contributed by atoms with Crippen LogP contribution in [0.1, 0.15) is 121 Å². The van der Waals surface area contributed by atoms with Gasteiger partial charge in [0.25, 0.3) is 5.91 Å². The van der Waals surface area contributed by atoms with Crippen molar-refractivity contribution in [1.29, 1.82) is 5.26 Å². The quantitative estimate of drug-likeness (QED) is 0.0487. The van der Waals surface area contributed by atoms with Gasteiger partial charge in [-0.05, 0) is 86.1 Å². The van der Waals surface area contributed by atoms with Gasteiger partial charge in [0.1, 0.15) is 42.7 Å². The van der Waals surface area contributed by atoms with Crippen molar-refractivity contribution in [3.05, 3.63) is 99.6 Å². The summed E-state index contributed by atoms with van der Waals surface area (Å²) in [7, 11) is 0. The highest BCUT2D eigenvalue weighted by atomic mass is 35.5. The molecule has 2 heterocycles. The maximum Gasteiger partial charge on any atom is 0.302 e. The number of ether oxygens (including phenoxy) is 3. The first-order valence-corrected chi connectivity index (χ1v) is 25.4. The van der Waals surface area contributed by atoms with E-state index in [1.165, 1.54) is 11.8 Å². The summed E-state index contributed by atoms with van der Waals surface area (Å²) >= 11 is 7.81. The van der Waals surface area contributed by atoms with Gasteiger partial charge in [0.2, 0.25) is 17.7 Å². The number of hydrogen-bond acceptors (Lipinski definition) is 12. The average Bonchev–Trinajstić information content (AvgIpc) is 3.95. The molecule has 1 aliphatic heterocycles. The summed E-state index contributed by atoms with van der Waals surface area (Å²) in [6.45, 7) is 19.7. The maximum absolute atomic E-state index is 14.3. The first kappa shape index (κ1) is 54.3. The Bertz CT molecular complexity index is 2570. The normalized spacial score (nSPS) is 19.8. The van der Waals surface area contributed by atoms with E-state index in [-0.39, 0.29) is 60.4 Å². The molecular weight excluding hydrogens is 942 g/mol. The van der Waals surface area contributed by atoms with E-state index in [2.05, 4.69) is 60.0 Å². The zero-order chi connectivity index (χ0) is 51.8. The van der Waals surface area contributed by atoms with Gasteiger partial charge in [-0.3, -0.25) is 24.0 Å². The number of anilines is 1. The zero-order valence-electron chi connectivity index (χ0n) is 42.4. The van der Waals surface area contributed by atoms with Crippen molar-refractivity contribution < 1.29 is 38.2 Å². The fourth-order valence-corrected chi connectivity index (χ4v) is 11.0. The molecule has 6 rings (SSSR count). The number of amides is 4. The number of aromatic nitrogens is 1. The van der Waals surface area contributed by atoms with Crippen LogP contribution in [-0.4, -0.2) is 96.1 Å². The highest BCUT2D eigenvalue weighted by Crippen LogP contribution is 2.55. The lowest BCUT2D eigenvalue weighted by atomic mass is 9.49. The molecule has 0 spiro atoms. The minimum atomic E-state index is -0.989.